The van der Waals surface area contributed by atoms with Gasteiger partial charge in [0.15, 0.2) is 0 Å². The standard InChI is InChI=1S/C15H21F3N2/c1-2-12-3-5-13(6-4-12)14-11-19-8-10-20(14)9-7-15(16,17)18/h3-6,14,19H,2,7-11H2,1H3. The summed E-state index contributed by atoms with van der Waals surface area (Å²) in [6.07, 6.45) is -3.85. The lowest BCUT2D eigenvalue weighted by atomic mass is 10.0. The van der Waals surface area contributed by atoms with Gasteiger partial charge in [0, 0.05) is 32.2 Å². The van der Waals surface area contributed by atoms with Crippen molar-refractivity contribution in [3.05, 3.63) is 35.4 Å². The van der Waals surface area contributed by atoms with Gasteiger partial charge in [0.2, 0.25) is 0 Å². The minimum Gasteiger partial charge on any atom is -0.314 e. The zero-order chi connectivity index (χ0) is 14.6. The molecule has 0 aliphatic carbocycles. The minimum absolute atomic E-state index is 0.0389. The number of halogens is 3. The average molecular weight is 286 g/mol. The van der Waals surface area contributed by atoms with Crippen LogP contribution < -0.4 is 5.32 Å². The van der Waals surface area contributed by atoms with Gasteiger partial charge in [-0.25, -0.2) is 0 Å². The van der Waals surface area contributed by atoms with Crippen LogP contribution >= 0.6 is 0 Å². The number of piperazine rings is 1. The molecule has 0 radical (unpaired) electrons. The molecule has 2 nitrogen and oxygen atoms in total. The van der Waals surface area contributed by atoms with Crippen molar-refractivity contribution in [2.75, 3.05) is 26.2 Å². The molecule has 1 aromatic carbocycles. The Bertz CT molecular complexity index is 414. The highest BCUT2D eigenvalue weighted by Gasteiger charge is 2.31. The summed E-state index contributed by atoms with van der Waals surface area (Å²) in [6, 6.07) is 8.24. The maximum Gasteiger partial charge on any atom is 0.390 e. The number of hydrogen-bond donors (Lipinski definition) is 1. The van der Waals surface area contributed by atoms with Crippen molar-refractivity contribution < 1.29 is 13.2 Å². The van der Waals surface area contributed by atoms with Gasteiger partial charge in [-0.15, -0.1) is 0 Å². The molecular formula is C15H21F3N2. The Morgan fingerprint density at radius 2 is 1.95 bits per heavy atom. The van der Waals surface area contributed by atoms with Gasteiger partial charge in [0.1, 0.15) is 0 Å². The van der Waals surface area contributed by atoms with E-state index in [1.165, 1.54) is 5.56 Å². The summed E-state index contributed by atoms with van der Waals surface area (Å²) in [5, 5.41) is 3.27. The van der Waals surface area contributed by atoms with E-state index in [0.717, 1.165) is 18.5 Å². The van der Waals surface area contributed by atoms with Crippen molar-refractivity contribution in [1.29, 1.82) is 0 Å². The molecule has 1 aromatic rings. The molecule has 0 bridgehead atoms. The fourth-order valence-corrected chi connectivity index (χ4v) is 2.59. The molecule has 0 aromatic heterocycles. The molecule has 20 heavy (non-hydrogen) atoms. The lowest BCUT2D eigenvalue weighted by Gasteiger charge is -2.36. The largest absolute Gasteiger partial charge is 0.390 e. The number of nitrogens with zero attached hydrogens (tertiary/aromatic N) is 1. The lowest BCUT2D eigenvalue weighted by molar-refractivity contribution is -0.139. The Morgan fingerprint density at radius 3 is 2.55 bits per heavy atom. The first-order valence-corrected chi connectivity index (χ1v) is 7.10. The zero-order valence-electron chi connectivity index (χ0n) is 11.7. The van der Waals surface area contributed by atoms with E-state index in [1.54, 1.807) is 0 Å². The van der Waals surface area contributed by atoms with Crippen molar-refractivity contribution in [2.24, 2.45) is 0 Å². The Labute approximate surface area is 118 Å². The van der Waals surface area contributed by atoms with E-state index < -0.39 is 12.6 Å². The lowest BCUT2D eigenvalue weighted by Crippen LogP contribution is -2.46. The average Bonchev–Trinajstić information content (AvgIpc) is 2.45. The number of rotatable bonds is 4. The highest BCUT2D eigenvalue weighted by atomic mass is 19.4. The SMILES string of the molecule is CCc1ccc(C2CNCCN2CCC(F)(F)F)cc1. The summed E-state index contributed by atoms with van der Waals surface area (Å²) in [7, 11) is 0. The second-order valence-corrected chi connectivity index (χ2v) is 5.22. The summed E-state index contributed by atoms with van der Waals surface area (Å²) in [5.74, 6) is 0. The van der Waals surface area contributed by atoms with Crippen LogP contribution in [0.15, 0.2) is 24.3 Å². The molecule has 1 heterocycles. The fraction of sp³-hybridized carbons (Fsp3) is 0.600. The molecule has 1 fully saturated rings. The van der Waals surface area contributed by atoms with Crippen LogP contribution in [0.2, 0.25) is 0 Å². The van der Waals surface area contributed by atoms with Gasteiger partial charge in [-0.3, -0.25) is 4.90 Å². The molecule has 5 heteroatoms. The third kappa shape index (κ3) is 4.21. The van der Waals surface area contributed by atoms with E-state index >= 15 is 0 Å². The normalized spacial score (nSPS) is 21.1. The molecule has 1 atom stereocenters. The van der Waals surface area contributed by atoms with E-state index in [9.17, 15) is 13.2 Å². The summed E-state index contributed by atoms with van der Waals surface area (Å²) >= 11 is 0. The van der Waals surface area contributed by atoms with Gasteiger partial charge in [-0.05, 0) is 17.5 Å². The molecule has 1 saturated heterocycles. The molecule has 1 unspecified atom stereocenters. The van der Waals surface area contributed by atoms with Crippen molar-refractivity contribution in [2.45, 2.75) is 32.0 Å². The van der Waals surface area contributed by atoms with Crippen LogP contribution in [0.3, 0.4) is 0 Å². The minimum atomic E-state index is -4.08. The molecule has 1 N–H and O–H groups in total. The predicted octanol–water partition coefficient (Wildman–Crippen LogP) is 3.15. The first kappa shape index (κ1) is 15.3. The summed E-state index contributed by atoms with van der Waals surface area (Å²) in [4.78, 5) is 1.94. The second-order valence-electron chi connectivity index (χ2n) is 5.22. The number of nitrogens with one attached hydrogen (secondary N) is 1. The van der Waals surface area contributed by atoms with Crippen LogP contribution in [-0.4, -0.2) is 37.3 Å². The molecular weight excluding hydrogens is 265 g/mol. The Morgan fingerprint density at radius 1 is 1.25 bits per heavy atom. The van der Waals surface area contributed by atoms with Crippen LogP contribution in [-0.2, 0) is 6.42 Å². The molecule has 1 aliphatic heterocycles. The van der Waals surface area contributed by atoms with Crippen molar-refractivity contribution >= 4 is 0 Å². The fourth-order valence-electron chi connectivity index (χ4n) is 2.59. The third-order valence-electron chi connectivity index (χ3n) is 3.81. The molecule has 112 valence electrons. The number of benzene rings is 1. The van der Waals surface area contributed by atoms with Gasteiger partial charge in [-0.2, -0.15) is 13.2 Å². The molecule has 0 amide bonds. The Hall–Kier alpha value is -1.07. The maximum atomic E-state index is 12.4. The van der Waals surface area contributed by atoms with Crippen molar-refractivity contribution in [3.63, 3.8) is 0 Å². The van der Waals surface area contributed by atoms with Crippen LogP contribution in [0.25, 0.3) is 0 Å². The molecule has 0 spiro atoms. The Kier molecular flexibility index (Phi) is 5.05. The number of aryl methyl sites for hydroxylation is 1. The van der Waals surface area contributed by atoms with Gasteiger partial charge >= 0.3 is 6.18 Å². The molecule has 0 saturated carbocycles. The smallest absolute Gasteiger partial charge is 0.314 e. The predicted molar refractivity (Wildman–Crippen MR) is 73.7 cm³/mol. The first-order valence-electron chi connectivity index (χ1n) is 7.10. The van der Waals surface area contributed by atoms with E-state index in [1.807, 2.05) is 17.0 Å². The second kappa shape index (κ2) is 6.59. The van der Waals surface area contributed by atoms with Crippen LogP contribution in [0.1, 0.15) is 30.5 Å². The van der Waals surface area contributed by atoms with Crippen LogP contribution in [0, 0.1) is 0 Å². The maximum absolute atomic E-state index is 12.4. The molecule has 2 rings (SSSR count). The van der Waals surface area contributed by atoms with Gasteiger partial charge < -0.3 is 5.32 Å². The summed E-state index contributed by atoms with van der Waals surface area (Å²) in [6.45, 7) is 4.29. The van der Waals surface area contributed by atoms with Gasteiger partial charge in [-0.1, -0.05) is 31.2 Å². The van der Waals surface area contributed by atoms with E-state index in [2.05, 4.69) is 24.4 Å². The quantitative estimate of drug-likeness (QED) is 0.914. The van der Waals surface area contributed by atoms with Gasteiger partial charge in [0.25, 0.3) is 0 Å². The van der Waals surface area contributed by atoms with Crippen molar-refractivity contribution in [1.82, 2.24) is 10.2 Å². The summed E-state index contributed by atoms with van der Waals surface area (Å²) in [5.41, 5.74) is 2.34. The number of hydrogen-bond acceptors (Lipinski definition) is 2. The van der Waals surface area contributed by atoms with E-state index in [4.69, 9.17) is 0 Å². The molecule has 1 aliphatic rings. The highest BCUT2D eigenvalue weighted by molar-refractivity contribution is 5.25. The summed E-state index contributed by atoms with van der Waals surface area (Å²) < 4.78 is 37.2. The number of alkyl halides is 3. The Balaban J connectivity index is 2.05. The van der Waals surface area contributed by atoms with Crippen LogP contribution in [0.4, 0.5) is 13.2 Å². The van der Waals surface area contributed by atoms with Crippen LogP contribution in [0.5, 0.6) is 0 Å². The third-order valence-corrected chi connectivity index (χ3v) is 3.81. The van der Waals surface area contributed by atoms with Gasteiger partial charge in [0.05, 0.1) is 6.42 Å². The highest BCUT2D eigenvalue weighted by Crippen LogP contribution is 2.26. The van der Waals surface area contributed by atoms with Crippen molar-refractivity contribution in [3.8, 4) is 0 Å². The zero-order valence-corrected chi connectivity index (χ0v) is 11.7. The first-order chi connectivity index (χ1) is 9.49. The van der Waals surface area contributed by atoms with E-state index in [0.29, 0.717) is 13.1 Å². The van der Waals surface area contributed by atoms with E-state index in [-0.39, 0.29) is 12.6 Å². The topological polar surface area (TPSA) is 15.3 Å². The monoisotopic (exact) mass is 286 g/mol.